The summed E-state index contributed by atoms with van der Waals surface area (Å²) in [4.78, 5) is 40.0. The molecule has 0 unspecified atom stereocenters. The van der Waals surface area contributed by atoms with E-state index < -0.39 is 41.3 Å². The van der Waals surface area contributed by atoms with Gasteiger partial charge in [0.25, 0.3) is 5.91 Å². The Hall–Kier alpha value is -3.80. The van der Waals surface area contributed by atoms with Crippen molar-refractivity contribution < 1.29 is 33.0 Å². The van der Waals surface area contributed by atoms with Crippen LogP contribution in [-0.2, 0) is 14.4 Å². The molecule has 9 nitrogen and oxygen atoms in total. The number of aliphatic imine (C=N–C) groups is 1. The quantitative estimate of drug-likeness (QED) is 0.549. The molecule has 2 amide bonds. The van der Waals surface area contributed by atoms with Crippen LogP contribution in [-0.4, -0.2) is 57.7 Å². The number of aliphatic carboxylic acids is 1. The van der Waals surface area contributed by atoms with Crippen LogP contribution >= 0.6 is 11.8 Å². The van der Waals surface area contributed by atoms with Gasteiger partial charge in [0.15, 0.2) is 11.8 Å². The second-order valence-corrected chi connectivity index (χ2v) is 8.20. The van der Waals surface area contributed by atoms with E-state index in [1.54, 1.807) is 31.2 Å². The fourth-order valence-electron chi connectivity index (χ4n) is 2.95. The molecule has 178 valence electrons. The van der Waals surface area contributed by atoms with Crippen molar-refractivity contribution in [3.05, 3.63) is 59.7 Å². The number of nitrogens with one attached hydrogen (secondary N) is 1. The summed E-state index contributed by atoms with van der Waals surface area (Å²) in [6.07, 6.45) is -0.275. The highest BCUT2D eigenvalue weighted by Crippen LogP contribution is 2.30. The summed E-state index contributed by atoms with van der Waals surface area (Å²) in [5.74, 6) is -3.61. The molecule has 1 aliphatic rings. The number of hydrazone groups is 1. The molecule has 0 spiro atoms. The minimum absolute atomic E-state index is 0.193. The maximum absolute atomic E-state index is 13.8. The lowest BCUT2D eigenvalue weighted by atomic mass is 10.1. The van der Waals surface area contributed by atoms with Crippen LogP contribution in [0, 0.1) is 11.6 Å². The molecule has 2 aromatic rings. The third-order valence-corrected chi connectivity index (χ3v) is 5.76. The molecule has 1 saturated heterocycles. The molecule has 1 fully saturated rings. The molecule has 0 aliphatic carbocycles. The molecule has 0 radical (unpaired) electrons. The maximum Gasteiger partial charge on any atom is 0.341 e. The number of amides is 2. The molecule has 0 saturated carbocycles. The largest absolute Gasteiger partial charge is 0.482 e. The lowest BCUT2D eigenvalue weighted by molar-refractivity contribution is -0.139. The summed E-state index contributed by atoms with van der Waals surface area (Å²) in [7, 11) is 1.48. The van der Waals surface area contributed by atoms with Gasteiger partial charge in [0.1, 0.15) is 22.6 Å². The third-order valence-electron chi connectivity index (χ3n) is 4.54. The van der Waals surface area contributed by atoms with Crippen molar-refractivity contribution >= 4 is 46.1 Å². The van der Waals surface area contributed by atoms with Gasteiger partial charge >= 0.3 is 5.97 Å². The number of anilines is 1. The van der Waals surface area contributed by atoms with Crippen molar-refractivity contribution in [1.29, 1.82) is 0 Å². The first-order chi connectivity index (χ1) is 16.2. The van der Waals surface area contributed by atoms with E-state index in [0.29, 0.717) is 23.1 Å². The Kier molecular flexibility index (Phi) is 7.95. The van der Waals surface area contributed by atoms with Gasteiger partial charge < -0.3 is 15.2 Å². The first-order valence-corrected chi connectivity index (χ1v) is 10.8. The Balaban J connectivity index is 1.71. The number of carboxylic acids is 1. The number of hydrogen-bond donors (Lipinski definition) is 2. The number of benzene rings is 2. The number of carbonyl (C=O) groups is 3. The van der Waals surface area contributed by atoms with E-state index in [4.69, 9.17) is 9.84 Å². The first kappa shape index (κ1) is 24.8. The van der Waals surface area contributed by atoms with Gasteiger partial charge in [-0.1, -0.05) is 23.9 Å². The maximum atomic E-state index is 13.8. The smallest absolute Gasteiger partial charge is 0.341 e. The highest BCUT2D eigenvalue weighted by Gasteiger charge is 2.39. The number of thioether (sulfide) groups is 1. The Morgan fingerprint density at radius 1 is 1.24 bits per heavy atom. The second-order valence-electron chi connectivity index (χ2n) is 7.03. The van der Waals surface area contributed by atoms with Crippen molar-refractivity contribution in [3.8, 4) is 5.75 Å². The lowest BCUT2D eigenvalue weighted by Crippen LogP contribution is -2.30. The van der Waals surface area contributed by atoms with E-state index in [2.05, 4.69) is 15.4 Å². The van der Waals surface area contributed by atoms with E-state index >= 15 is 0 Å². The molecular formula is C22H20F2N4O5S. The molecule has 1 heterocycles. The van der Waals surface area contributed by atoms with Gasteiger partial charge in [-0.05, 0) is 31.2 Å². The molecule has 34 heavy (non-hydrogen) atoms. The predicted octanol–water partition coefficient (Wildman–Crippen LogP) is 3.11. The zero-order valence-electron chi connectivity index (χ0n) is 18.1. The molecule has 2 N–H and O–H groups in total. The minimum atomic E-state index is -1.11. The minimum Gasteiger partial charge on any atom is -0.482 e. The average molecular weight is 490 g/mol. The summed E-state index contributed by atoms with van der Waals surface area (Å²) >= 11 is 1.04. The van der Waals surface area contributed by atoms with Crippen LogP contribution in [0.2, 0.25) is 0 Å². The van der Waals surface area contributed by atoms with Crippen molar-refractivity contribution in [1.82, 2.24) is 5.01 Å². The highest BCUT2D eigenvalue weighted by atomic mass is 32.2. The molecular weight excluding hydrogens is 470 g/mol. The molecule has 12 heteroatoms. The normalized spacial score (nSPS) is 17.2. The van der Waals surface area contributed by atoms with Gasteiger partial charge in [0.2, 0.25) is 5.91 Å². The summed E-state index contributed by atoms with van der Waals surface area (Å²) < 4.78 is 32.0. The van der Waals surface area contributed by atoms with E-state index in [-0.39, 0.29) is 17.3 Å². The predicted molar refractivity (Wildman–Crippen MR) is 123 cm³/mol. The zero-order valence-corrected chi connectivity index (χ0v) is 18.9. The van der Waals surface area contributed by atoms with E-state index in [9.17, 15) is 23.2 Å². The van der Waals surface area contributed by atoms with Crippen LogP contribution in [0.15, 0.2) is 52.6 Å². The van der Waals surface area contributed by atoms with Gasteiger partial charge in [-0.2, -0.15) is 10.1 Å². The van der Waals surface area contributed by atoms with Gasteiger partial charge in [-0.3, -0.25) is 14.6 Å². The van der Waals surface area contributed by atoms with Gasteiger partial charge in [0, 0.05) is 25.1 Å². The standard InChI is InChI=1S/C22H20F2N4O5S/c1-12(13-4-3-5-15(8-13)33-11-20(30)31)27-28-21(32)18(34-22(28)25-2)10-19(29)26-17-7-6-14(23)9-16(17)24/h3-9,18H,10-11H2,1-2H3,(H,26,29)(H,30,31)/b25-22?,27-12-/t18-/m1/s1. The summed E-state index contributed by atoms with van der Waals surface area (Å²) in [5, 5.41) is 15.9. The SMILES string of the molecule is CN=C1S[C@H](CC(=O)Nc2ccc(F)cc2F)C(=O)N1/N=C(/C)c1cccc(OCC(=O)O)c1. The van der Waals surface area contributed by atoms with Crippen molar-refractivity contribution in [2.45, 2.75) is 18.6 Å². The molecule has 1 atom stereocenters. The average Bonchev–Trinajstić information content (AvgIpc) is 3.08. The van der Waals surface area contributed by atoms with E-state index in [1.807, 2.05) is 0 Å². The zero-order chi connectivity index (χ0) is 24.8. The summed E-state index contributed by atoms with van der Waals surface area (Å²) in [6.45, 7) is 1.15. The monoisotopic (exact) mass is 490 g/mol. The van der Waals surface area contributed by atoms with Crippen LogP contribution in [0.25, 0.3) is 0 Å². The number of hydrogen-bond acceptors (Lipinski definition) is 7. The molecule has 0 aromatic heterocycles. The highest BCUT2D eigenvalue weighted by molar-refractivity contribution is 8.15. The van der Waals surface area contributed by atoms with Crippen LogP contribution in [0.1, 0.15) is 18.9 Å². The fourth-order valence-corrected chi connectivity index (χ4v) is 3.98. The second kappa shape index (κ2) is 10.9. The van der Waals surface area contributed by atoms with Crippen molar-refractivity contribution in [2.75, 3.05) is 19.0 Å². The van der Waals surface area contributed by atoms with Crippen LogP contribution in [0.3, 0.4) is 0 Å². The fraction of sp³-hybridized carbons (Fsp3) is 0.227. The Morgan fingerprint density at radius 2 is 2.00 bits per heavy atom. The number of rotatable bonds is 8. The Morgan fingerprint density at radius 3 is 2.68 bits per heavy atom. The third kappa shape index (κ3) is 6.16. The number of carbonyl (C=O) groups excluding carboxylic acids is 2. The summed E-state index contributed by atoms with van der Waals surface area (Å²) in [5.41, 5.74) is 0.820. The van der Waals surface area contributed by atoms with Crippen LogP contribution in [0.4, 0.5) is 14.5 Å². The van der Waals surface area contributed by atoms with E-state index in [0.717, 1.165) is 28.9 Å². The first-order valence-electron chi connectivity index (χ1n) is 9.90. The molecule has 1 aliphatic heterocycles. The van der Waals surface area contributed by atoms with E-state index in [1.165, 1.54) is 7.05 Å². The number of carboxylic acid groups (broad SMARTS) is 1. The number of ether oxygens (including phenoxy) is 1. The molecule has 3 rings (SSSR count). The molecule has 2 aromatic carbocycles. The van der Waals surface area contributed by atoms with Crippen LogP contribution in [0.5, 0.6) is 5.75 Å². The van der Waals surface area contributed by atoms with Crippen molar-refractivity contribution in [3.63, 3.8) is 0 Å². The Bertz CT molecular complexity index is 1190. The Labute approximate surface area is 197 Å². The molecule has 0 bridgehead atoms. The van der Waals surface area contributed by atoms with Crippen LogP contribution < -0.4 is 10.1 Å². The topological polar surface area (TPSA) is 121 Å². The lowest BCUT2D eigenvalue weighted by Gasteiger charge is -2.12. The number of halogens is 2. The van der Waals surface area contributed by atoms with Gasteiger partial charge in [-0.15, -0.1) is 0 Å². The van der Waals surface area contributed by atoms with Crippen molar-refractivity contribution in [2.24, 2.45) is 10.1 Å². The summed E-state index contributed by atoms with van der Waals surface area (Å²) in [6, 6.07) is 9.30. The van der Waals surface area contributed by atoms with Gasteiger partial charge in [-0.25, -0.2) is 13.6 Å². The number of amidine groups is 1. The number of nitrogens with zero attached hydrogens (tertiary/aromatic N) is 3. The van der Waals surface area contributed by atoms with Gasteiger partial charge in [0.05, 0.1) is 11.4 Å².